The van der Waals surface area contributed by atoms with E-state index in [0.29, 0.717) is 11.3 Å². The molecule has 0 saturated heterocycles. The Morgan fingerprint density at radius 2 is 2.11 bits per heavy atom. The molecule has 0 radical (unpaired) electrons. The Balaban J connectivity index is 2.31. The molecule has 0 amide bonds. The Bertz CT molecular complexity index is 691. The van der Waals surface area contributed by atoms with E-state index in [1.165, 1.54) is 6.07 Å². The van der Waals surface area contributed by atoms with E-state index < -0.39 is 11.5 Å². The number of rotatable bonds is 0. The number of hydrogen-bond acceptors (Lipinski definition) is 3. The summed E-state index contributed by atoms with van der Waals surface area (Å²) in [7, 11) is 0. The van der Waals surface area contributed by atoms with Gasteiger partial charge in [0.1, 0.15) is 16.5 Å². The van der Waals surface area contributed by atoms with Crippen LogP contribution in [-0.4, -0.2) is 10.1 Å². The van der Waals surface area contributed by atoms with Gasteiger partial charge in [-0.2, -0.15) is 4.39 Å². The molecule has 1 aliphatic rings. The number of halogens is 3. The van der Waals surface area contributed by atoms with Crippen molar-refractivity contribution in [2.24, 2.45) is 0 Å². The third kappa shape index (κ3) is 1.93. The Morgan fingerprint density at radius 3 is 2.84 bits per heavy atom. The smallest absolute Gasteiger partial charge is 0.257 e. The van der Waals surface area contributed by atoms with Gasteiger partial charge in [0.25, 0.3) is 5.95 Å². The summed E-state index contributed by atoms with van der Waals surface area (Å²) in [4.78, 5) is 3.50. The van der Waals surface area contributed by atoms with Crippen LogP contribution >= 0.6 is 27.5 Å². The molecule has 0 spiro atoms. The largest absolute Gasteiger partial charge is 0.452 e. The van der Waals surface area contributed by atoms with Crippen molar-refractivity contribution in [1.82, 2.24) is 4.98 Å². The molecule has 3 rings (SSSR count). The zero-order chi connectivity index (χ0) is 13.8. The van der Waals surface area contributed by atoms with E-state index >= 15 is 0 Å². The molecule has 2 heterocycles. The third-order valence-electron chi connectivity index (χ3n) is 3.10. The minimum atomic E-state index is -1.40. The van der Waals surface area contributed by atoms with E-state index in [4.69, 9.17) is 16.3 Å². The Hall–Kier alpha value is -1.17. The Kier molecular flexibility index (Phi) is 2.81. The van der Waals surface area contributed by atoms with E-state index in [0.717, 1.165) is 4.47 Å². The van der Waals surface area contributed by atoms with Crippen LogP contribution in [0.25, 0.3) is 0 Å². The van der Waals surface area contributed by atoms with Crippen molar-refractivity contribution in [1.29, 1.82) is 0 Å². The summed E-state index contributed by atoms with van der Waals surface area (Å²) in [6, 6.07) is 6.54. The van der Waals surface area contributed by atoms with E-state index in [9.17, 15) is 9.50 Å². The molecule has 2 aromatic rings. The minimum absolute atomic E-state index is 0.0291. The summed E-state index contributed by atoms with van der Waals surface area (Å²) in [6.07, 6.45) is 0. The maximum absolute atomic E-state index is 13.8. The predicted octanol–water partition coefficient (Wildman–Crippen LogP) is 4.00. The predicted molar refractivity (Wildman–Crippen MR) is 72.1 cm³/mol. The highest BCUT2D eigenvalue weighted by Gasteiger charge is 2.38. The monoisotopic (exact) mass is 343 g/mol. The number of fused-ring (bicyclic) bond motifs is 2. The molecule has 0 aliphatic carbocycles. The van der Waals surface area contributed by atoms with Crippen LogP contribution in [0.15, 0.2) is 28.7 Å². The van der Waals surface area contributed by atoms with Crippen molar-refractivity contribution in [3.63, 3.8) is 0 Å². The van der Waals surface area contributed by atoms with Crippen molar-refractivity contribution in [3.8, 4) is 11.5 Å². The van der Waals surface area contributed by atoms with Crippen LogP contribution in [0.1, 0.15) is 18.1 Å². The first kappa shape index (κ1) is 12.8. The Labute approximate surface area is 122 Å². The fourth-order valence-electron chi connectivity index (χ4n) is 2.16. The average Bonchev–Trinajstić information content (AvgIpc) is 2.32. The molecule has 0 fully saturated rings. The maximum atomic E-state index is 13.8. The van der Waals surface area contributed by atoms with Crippen molar-refractivity contribution >= 4 is 27.5 Å². The van der Waals surface area contributed by atoms with Crippen molar-refractivity contribution in [2.75, 3.05) is 0 Å². The van der Waals surface area contributed by atoms with Crippen molar-refractivity contribution in [3.05, 3.63) is 51.0 Å². The van der Waals surface area contributed by atoms with E-state index in [1.54, 1.807) is 25.1 Å². The molecule has 1 N–H and O–H groups in total. The van der Waals surface area contributed by atoms with Gasteiger partial charge >= 0.3 is 0 Å². The van der Waals surface area contributed by atoms with Gasteiger partial charge in [-0.25, -0.2) is 4.98 Å². The van der Waals surface area contributed by atoms with Crippen molar-refractivity contribution in [2.45, 2.75) is 12.5 Å². The van der Waals surface area contributed by atoms with Gasteiger partial charge in [-0.3, -0.25) is 0 Å². The number of aromatic nitrogens is 1. The Morgan fingerprint density at radius 1 is 1.37 bits per heavy atom. The van der Waals surface area contributed by atoms with Gasteiger partial charge < -0.3 is 9.84 Å². The number of aliphatic hydroxyl groups is 1. The lowest BCUT2D eigenvalue weighted by Gasteiger charge is -2.33. The highest BCUT2D eigenvalue weighted by molar-refractivity contribution is 9.10. The standard InChI is InChI=1S/C13H8BrClFNO2/c1-13(18)7-4-6(14)2-3-9(7)19-11-8(13)5-10(15)17-12(11)16/h2-5,18H,1H3. The SMILES string of the molecule is CC1(O)c2cc(Br)ccc2Oc2c1cc(Cl)nc2F. The molecule has 1 aliphatic heterocycles. The second kappa shape index (κ2) is 4.16. The normalized spacial score (nSPS) is 20.5. The number of benzene rings is 1. The quantitative estimate of drug-likeness (QED) is 0.735. The van der Waals surface area contributed by atoms with Crippen LogP contribution < -0.4 is 4.74 Å². The molecule has 1 unspecified atom stereocenters. The first-order valence-electron chi connectivity index (χ1n) is 5.46. The van der Waals surface area contributed by atoms with Gasteiger partial charge in [0, 0.05) is 15.6 Å². The third-order valence-corrected chi connectivity index (χ3v) is 3.79. The molecule has 1 aromatic carbocycles. The van der Waals surface area contributed by atoms with Crippen LogP contribution in [0, 0.1) is 5.95 Å². The molecule has 98 valence electrons. The summed E-state index contributed by atoms with van der Waals surface area (Å²) in [6.45, 7) is 1.56. The first-order chi connectivity index (χ1) is 8.89. The van der Waals surface area contributed by atoms with Gasteiger partial charge in [0.15, 0.2) is 5.75 Å². The molecular weight excluding hydrogens is 337 g/mol. The van der Waals surface area contributed by atoms with Gasteiger partial charge in [0.05, 0.1) is 0 Å². The topological polar surface area (TPSA) is 42.4 Å². The van der Waals surface area contributed by atoms with Crippen LogP contribution in [0.3, 0.4) is 0 Å². The second-order valence-electron chi connectivity index (χ2n) is 4.43. The van der Waals surface area contributed by atoms with Gasteiger partial charge in [-0.1, -0.05) is 27.5 Å². The molecule has 6 heteroatoms. The van der Waals surface area contributed by atoms with Gasteiger partial charge in [-0.15, -0.1) is 0 Å². The lowest BCUT2D eigenvalue weighted by Crippen LogP contribution is -2.28. The number of nitrogens with zero attached hydrogens (tertiary/aromatic N) is 1. The van der Waals surface area contributed by atoms with E-state index in [1.807, 2.05) is 0 Å². The number of hydrogen-bond donors (Lipinski definition) is 1. The van der Waals surface area contributed by atoms with Crippen LogP contribution in [0.4, 0.5) is 4.39 Å². The van der Waals surface area contributed by atoms with Gasteiger partial charge in [-0.05, 0) is 31.2 Å². The van der Waals surface area contributed by atoms with Gasteiger partial charge in [0.2, 0.25) is 0 Å². The fraction of sp³-hybridized carbons (Fsp3) is 0.154. The lowest BCUT2D eigenvalue weighted by molar-refractivity contribution is 0.0884. The van der Waals surface area contributed by atoms with Crippen LogP contribution in [0.2, 0.25) is 5.15 Å². The summed E-state index contributed by atoms with van der Waals surface area (Å²) in [5.41, 5.74) is -0.605. The molecule has 3 nitrogen and oxygen atoms in total. The van der Waals surface area contributed by atoms with Crippen LogP contribution in [-0.2, 0) is 5.60 Å². The molecule has 19 heavy (non-hydrogen) atoms. The second-order valence-corrected chi connectivity index (χ2v) is 5.73. The lowest BCUT2D eigenvalue weighted by atomic mass is 9.86. The molecule has 1 aromatic heterocycles. The zero-order valence-corrected chi connectivity index (χ0v) is 12.1. The highest BCUT2D eigenvalue weighted by Crippen LogP contribution is 2.48. The maximum Gasteiger partial charge on any atom is 0.257 e. The summed E-state index contributed by atoms with van der Waals surface area (Å²) in [5.74, 6) is -0.538. The van der Waals surface area contributed by atoms with Crippen molar-refractivity contribution < 1.29 is 14.2 Å². The molecule has 0 bridgehead atoms. The first-order valence-corrected chi connectivity index (χ1v) is 6.63. The molecular formula is C13H8BrClFNO2. The fourth-order valence-corrected chi connectivity index (χ4v) is 2.70. The minimum Gasteiger partial charge on any atom is -0.452 e. The average molecular weight is 345 g/mol. The zero-order valence-electron chi connectivity index (χ0n) is 9.75. The summed E-state index contributed by atoms with van der Waals surface area (Å²) >= 11 is 9.07. The van der Waals surface area contributed by atoms with E-state index in [-0.39, 0.29) is 16.5 Å². The highest BCUT2D eigenvalue weighted by atomic mass is 79.9. The van der Waals surface area contributed by atoms with E-state index in [2.05, 4.69) is 20.9 Å². The number of ether oxygens (including phenoxy) is 1. The summed E-state index contributed by atoms with van der Waals surface area (Å²) < 4.78 is 20.1. The summed E-state index contributed by atoms with van der Waals surface area (Å²) in [5, 5.41) is 10.7. The number of pyridine rings is 1. The molecule has 0 saturated carbocycles. The molecule has 1 atom stereocenters. The van der Waals surface area contributed by atoms with Crippen LogP contribution in [0.5, 0.6) is 11.5 Å².